The van der Waals surface area contributed by atoms with E-state index in [1.165, 1.54) is 0 Å². The molecule has 0 unspecified atom stereocenters. The molecule has 0 heterocycles. The maximum atomic E-state index is 11.2. The third-order valence-electron chi connectivity index (χ3n) is 1.66. The van der Waals surface area contributed by atoms with Crippen molar-refractivity contribution in [3.63, 3.8) is 0 Å². The van der Waals surface area contributed by atoms with Crippen LogP contribution in [0.25, 0.3) is 0 Å². The smallest absolute Gasteiger partial charge is 0.223 e. The van der Waals surface area contributed by atoms with E-state index in [1.807, 2.05) is 13.8 Å². The van der Waals surface area contributed by atoms with E-state index in [0.29, 0.717) is 26.1 Å². The molecule has 0 aliphatic heterocycles. The molecule has 0 aromatic heterocycles. The molecule has 4 nitrogen and oxygen atoms in total. The minimum Gasteiger partial charge on any atom is -0.377 e. The van der Waals surface area contributed by atoms with Gasteiger partial charge >= 0.3 is 0 Å². The van der Waals surface area contributed by atoms with Gasteiger partial charge < -0.3 is 15.4 Å². The number of amides is 1. The molecule has 0 aromatic rings. The molecule has 0 spiro atoms. The van der Waals surface area contributed by atoms with Crippen LogP contribution >= 0.6 is 0 Å². The second kappa shape index (κ2) is 6.86. The molecule has 78 valence electrons. The lowest BCUT2D eigenvalue weighted by molar-refractivity contribution is -0.130. The maximum Gasteiger partial charge on any atom is 0.223 e. The number of hydrogen-bond donors (Lipinski definition) is 1. The first-order valence-corrected chi connectivity index (χ1v) is 4.63. The lowest BCUT2D eigenvalue weighted by Crippen LogP contribution is -2.31. The third-order valence-corrected chi connectivity index (χ3v) is 1.66. The van der Waals surface area contributed by atoms with Crippen LogP contribution in [-0.4, -0.2) is 43.7 Å². The first kappa shape index (κ1) is 12.4. The van der Waals surface area contributed by atoms with Gasteiger partial charge in [-0.2, -0.15) is 0 Å². The van der Waals surface area contributed by atoms with Crippen LogP contribution in [0.2, 0.25) is 0 Å². The number of rotatable bonds is 6. The Morgan fingerprint density at radius 1 is 1.54 bits per heavy atom. The highest BCUT2D eigenvalue weighted by Gasteiger charge is 2.06. The van der Waals surface area contributed by atoms with Gasteiger partial charge in [0, 0.05) is 26.6 Å². The zero-order chi connectivity index (χ0) is 10.3. The topological polar surface area (TPSA) is 55.6 Å². The lowest BCUT2D eigenvalue weighted by Gasteiger charge is -2.17. The van der Waals surface area contributed by atoms with Gasteiger partial charge in [-0.05, 0) is 13.8 Å². The fraction of sp³-hybridized carbons (Fsp3) is 0.889. The van der Waals surface area contributed by atoms with E-state index in [9.17, 15) is 4.79 Å². The van der Waals surface area contributed by atoms with Gasteiger partial charge in [0.25, 0.3) is 0 Å². The quantitative estimate of drug-likeness (QED) is 0.648. The van der Waals surface area contributed by atoms with Crippen molar-refractivity contribution in [3.8, 4) is 0 Å². The van der Waals surface area contributed by atoms with Crippen LogP contribution < -0.4 is 5.73 Å². The van der Waals surface area contributed by atoms with Gasteiger partial charge in [-0.3, -0.25) is 4.79 Å². The summed E-state index contributed by atoms with van der Waals surface area (Å²) in [7, 11) is 1.77. The van der Waals surface area contributed by atoms with Crippen molar-refractivity contribution < 1.29 is 9.53 Å². The van der Waals surface area contributed by atoms with Crippen LogP contribution in [-0.2, 0) is 9.53 Å². The predicted molar refractivity (Wildman–Crippen MR) is 52.4 cm³/mol. The normalized spacial score (nSPS) is 10.5. The van der Waals surface area contributed by atoms with Gasteiger partial charge in [-0.1, -0.05) is 0 Å². The molecule has 13 heavy (non-hydrogen) atoms. The highest BCUT2D eigenvalue weighted by Crippen LogP contribution is 1.92. The number of ether oxygens (including phenoxy) is 1. The Kier molecular flexibility index (Phi) is 6.54. The summed E-state index contributed by atoms with van der Waals surface area (Å²) >= 11 is 0. The highest BCUT2D eigenvalue weighted by atomic mass is 16.5. The molecule has 1 amide bonds. The molecule has 0 aliphatic carbocycles. The summed E-state index contributed by atoms with van der Waals surface area (Å²) in [5.41, 5.74) is 5.27. The largest absolute Gasteiger partial charge is 0.377 e. The Balaban J connectivity index is 3.49. The number of carbonyl (C=O) groups is 1. The fourth-order valence-electron chi connectivity index (χ4n) is 0.864. The van der Waals surface area contributed by atoms with Crippen molar-refractivity contribution >= 4 is 5.91 Å². The number of likely N-dealkylation sites (N-methyl/N-ethyl adjacent to an activating group) is 1. The van der Waals surface area contributed by atoms with Gasteiger partial charge in [-0.25, -0.2) is 0 Å². The van der Waals surface area contributed by atoms with E-state index in [1.54, 1.807) is 11.9 Å². The van der Waals surface area contributed by atoms with E-state index in [4.69, 9.17) is 10.5 Å². The second-order valence-corrected chi connectivity index (χ2v) is 3.27. The van der Waals surface area contributed by atoms with Crippen LogP contribution in [0.3, 0.4) is 0 Å². The Morgan fingerprint density at radius 3 is 2.62 bits per heavy atom. The minimum atomic E-state index is 0.0786. The molecule has 0 rings (SSSR count). The van der Waals surface area contributed by atoms with Crippen molar-refractivity contribution in [3.05, 3.63) is 0 Å². The van der Waals surface area contributed by atoms with Crippen molar-refractivity contribution in [2.24, 2.45) is 5.73 Å². The summed E-state index contributed by atoms with van der Waals surface area (Å²) in [5, 5.41) is 0. The van der Waals surface area contributed by atoms with Crippen LogP contribution in [0, 0.1) is 0 Å². The van der Waals surface area contributed by atoms with E-state index in [-0.39, 0.29) is 12.0 Å². The summed E-state index contributed by atoms with van der Waals surface area (Å²) < 4.78 is 5.32. The third kappa shape index (κ3) is 6.54. The van der Waals surface area contributed by atoms with Crippen molar-refractivity contribution in [1.82, 2.24) is 4.90 Å². The summed E-state index contributed by atoms with van der Waals surface area (Å²) in [6.45, 7) is 5.58. The van der Waals surface area contributed by atoms with Crippen LogP contribution in [0.4, 0.5) is 0 Å². The molecule has 0 saturated heterocycles. The molecular weight excluding hydrogens is 168 g/mol. The molecule has 0 saturated carbocycles. The molecule has 0 radical (unpaired) electrons. The van der Waals surface area contributed by atoms with E-state index < -0.39 is 0 Å². The summed E-state index contributed by atoms with van der Waals surface area (Å²) in [6, 6.07) is 0. The standard InChI is InChI=1S/C9H20N2O2/c1-8(2)13-7-6-11(3)9(12)4-5-10/h8H,4-7,10H2,1-3H3. The number of hydrogen-bond acceptors (Lipinski definition) is 3. The van der Waals surface area contributed by atoms with Gasteiger partial charge in [0.2, 0.25) is 5.91 Å². The zero-order valence-electron chi connectivity index (χ0n) is 8.75. The van der Waals surface area contributed by atoms with Gasteiger partial charge in [0.05, 0.1) is 12.7 Å². The van der Waals surface area contributed by atoms with Gasteiger partial charge in [-0.15, -0.1) is 0 Å². The second-order valence-electron chi connectivity index (χ2n) is 3.27. The Labute approximate surface area is 80.0 Å². The maximum absolute atomic E-state index is 11.2. The van der Waals surface area contributed by atoms with Gasteiger partial charge in [0.15, 0.2) is 0 Å². The average molecular weight is 188 g/mol. The molecule has 0 bridgehead atoms. The Morgan fingerprint density at radius 2 is 2.15 bits per heavy atom. The number of carbonyl (C=O) groups excluding carboxylic acids is 1. The van der Waals surface area contributed by atoms with E-state index in [2.05, 4.69) is 0 Å². The molecule has 0 fully saturated rings. The molecule has 0 aromatic carbocycles. The van der Waals surface area contributed by atoms with Crippen LogP contribution in [0.15, 0.2) is 0 Å². The molecular formula is C9H20N2O2. The molecule has 4 heteroatoms. The monoisotopic (exact) mass is 188 g/mol. The van der Waals surface area contributed by atoms with Crippen molar-refractivity contribution in [2.75, 3.05) is 26.7 Å². The van der Waals surface area contributed by atoms with E-state index in [0.717, 1.165) is 0 Å². The summed E-state index contributed by atoms with van der Waals surface area (Å²) in [6.07, 6.45) is 0.635. The Hall–Kier alpha value is -0.610. The molecule has 2 N–H and O–H groups in total. The highest BCUT2D eigenvalue weighted by molar-refractivity contribution is 5.75. The van der Waals surface area contributed by atoms with Crippen LogP contribution in [0.1, 0.15) is 20.3 Å². The van der Waals surface area contributed by atoms with Crippen molar-refractivity contribution in [1.29, 1.82) is 0 Å². The number of nitrogens with zero attached hydrogens (tertiary/aromatic N) is 1. The predicted octanol–water partition coefficient (Wildman–Crippen LogP) is 0.219. The summed E-state index contributed by atoms with van der Waals surface area (Å²) in [5.74, 6) is 0.0786. The zero-order valence-corrected chi connectivity index (χ0v) is 8.75. The van der Waals surface area contributed by atoms with E-state index >= 15 is 0 Å². The number of nitrogens with two attached hydrogens (primary N) is 1. The first-order chi connectivity index (χ1) is 6.07. The molecule has 0 atom stereocenters. The Bertz CT molecular complexity index is 149. The lowest BCUT2D eigenvalue weighted by atomic mass is 10.4. The molecule has 0 aliphatic rings. The van der Waals surface area contributed by atoms with Crippen LogP contribution in [0.5, 0.6) is 0 Å². The van der Waals surface area contributed by atoms with Gasteiger partial charge in [0.1, 0.15) is 0 Å². The average Bonchev–Trinajstić information content (AvgIpc) is 2.04. The van der Waals surface area contributed by atoms with Crippen molar-refractivity contribution in [2.45, 2.75) is 26.4 Å². The first-order valence-electron chi connectivity index (χ1n) is 4.63. The summed E-state index contributed by atoms with van der Waals surface area (Å²) in [4.78, 5) is 12.9. The SMILES string of the molecule is CC(C)OCCN(C)C(=O)CCN. The minimum absolute atomic E-state index is 0.0786. The fourth-order valence-corrected chi connectivity index (χ4v) is 0.864.